The average Bonchev–Trinajstić information content (AvgIpc) is 2.32. The van der Waals surface area contributed by atoms with Gasteiger partial charge in [0.25, 0.3) is 0 Å². The zero-order valence-corrected chi connectivity index (χ0v) is 12.5. The van der Waals surface area contributed by atoms with Crippen LogP contribution in [0.1, 0.15) is 25.5 Å². The van der Waals surface area contributed by atoms with Crippen molar-refractivity contribution in [3.63, 3.8) is 0 Å². The molecule has 1 N–H and O–H groups in total. The molecule has 0 bridgehead atoms. The highest BCUT2D eigenvalue weighted by Crippen LogP contribution is 2.24. The molecule has 0 radical (unpaired) electrons. The van der Waals surface area contributed by atoms with Crippen molar-refractivity contribution >= 4 is 15.9 Å². The van der Waals surface area contributed by atoms with Gasteiger partial charge in [-0.1, -0.05) is 28.1 Å². The summed E-state index contributed by atoms with van der Waals surface area (Å²) in [7, 11) is 0. The molecule has 0 saturated carbocycles. The van der Waals surface area contributed by atoms with Gasteiger partial charge in [-0.3, -0.25) is 4.90 Å². The first-order valence-corrected chi connectivity index (χ1v) is 7.05. The zero-order chi connectivity index (χ0) is 13.2. The Bertz CT molecular complexity index is 391. The number of aliphatic hydroxyl groups excluding tert-OH is 1. The van der Waals surface area contributed by atoms with Crippen LogP contribution in [0.3, 0.4) is 0 Å². The summed E-state index contributed by atoms with van der Waals surface area (Å²) in [6, 6.07) is 7.84. The molecule has 4 heteroatoms. The van der Waals surface area contributed by atoms with Gasteiger partial charge in [0.15, 0.2) is 0 Å². The first kappa shape index (κ1) is 14.0. The number of benzene rings is 1. The third-order valence-corrected chi connectivity index (χ3v) is 3.99. The second-order valence-electron chi connectivity index (χ2n) is 5.38. The van der Waals surface area contributed by atoms with E-state index in [9.17, 15) is 5.11 Å². The maximum absolute atomic E-state index is 10.3. The third kappa shape index (κ3) is 3.32. The van der Waals surface area contributed by atoms with Crippen LogP contribution < -0.4 is 0 Å². The van der Waals surface area contributed by atoms with E-state index in [0.717, 1.165) is 29.8 Å². The van der Waals surface area contributed by atoms with Gasteiger partial charge in [-0.15, -0.1) is 0 Å². The SMILES string of the molecule is CC1(C)COCCN1C[C@H](O)c1ccc(Br)cc1. The Morgan fingerprint density at radius 3 is 2.67 bits per heavy atom. The number of rotatable bonds is 3. The lowest BCUT2D eigenvalue weighted by molar-refractivity contribution is -0.0667. The van der Waals surface area contributed by atoms with E-state index < -0.39 is 6.10 Å². The van der Waals surface area contributed by atoms with Crippen LogP contribution in [0.25, 0.3) is 0 Å². The van der Waals surface area contributed by atoms with Gasteiger partial charge in [0.2, 0.25) is 0 Å². The van der Waals surface area contributed by atoms with E-state index >= 15 is 0 Å². The van der Waals surface area contributed by atoms with Gasteiger partial charge in [-0.25, -0.2) is 0 Å². The van der Waals surface area contributed by atoms with Gasteiger partial charge in [0.1, 0.15) is 0 Å². The smallest absolute Gasteiger partial charge is 0.0917 e. The van der Waals surface area contributed by atoms with Crippen LogP contribution in [0.4, 0.5) is 0 Å². The highest BCUT2D eigenvalue weighted by Gasteiger charge is 2.31. The standard InChI is InChI=1S/C14H20BrNO2/c1-14(2)10-18-8-7-16(14)9-13(17)11-3-5-12(15)6-4-11/h3-6,13,17H,7-10H2,1-2H3/t13-/m0/s1. The summed E-state index contributed by atoms with van der Waals surface area (Å²) in [5.41, 5.74) is 0.953. The molecule has 1 aliphatic heterocycles. The van der Waals surface area contributed by atoms with Gasteiger partial charge >= 0.3 is 0 Å². The first-order chi connectivity index (χ1) is 8.49. The van der Waals surface area contributed by atoms with E-state index in [1.54, 1.807) is 0 Å². The fourth-order valence-corrected chi connectivity index (χ4v) is 2.49. The van der Waals surface area contributed by atoms with E-state index in [-0.39, 0.29) is 5.54 Å². The van der Waals surface area contributed by atoms with Crippen LogP contribution in [-0.4, -0.2) is 41.8 Å². The predicted octanol–water partition coefficient (Wildman–Crippen LogP) is 2.59. The number of aliphatic hydroxyl groups is 1. The Kier molecular flexibility index (Phi) is 4.43. The largest absolute Gasteiger partial charge is 0.387 e. The number of halogens is 1. The fourth-order valence-electron chi connectivity index (χ4n) is 2.23. The number of hydrogen-bond acceptors (Lipinski definition) is 3. The summed E-state index contributed by atoms with van der Waals surface area (Å²) >= 11 is 3.40. The summed E-state index contributed by atoms with van der Waals surface area (Å²) in [5, 5.41) is 10.3. The highest BCUT2D eigenvalue weighted by atomic mass is 79.9. The first-order valence-electron chi connectivity index (χ1n) is 6.25. The minimum absolute atomic E-state index is 0.00536. The molecule has 0 amide bonds. The second-order valence-corrected chi connectivity index (χ2v) is 6.29. The molecule has 18 heavy (non-hydrogen) atoms. The molecule has 3 nitrogen and oxygen atoms in total. The van der Waals surface area contributed by atoms with Crippen LogP contribution in [-0.2, 0) is 4.74 Å². The van der Waals surface area contributed by atoms with E-state index in [2.05, 4.69) is 34.7 Å². The monoisotopic (exact) mass is 313 g/mol. The molecule has 0 spiro atoms. The highest BCUT2D eigenvalue weighted by molar-refractivity contribution is 9.10. The molecule has 1 saturated heterocycles. The van der Waals surface area contributed by atoms with Crippen molar-refractivity contribution in [1.82, 2.24) is 4.90 Å². The molecule has 1 aromatic rings. The molecule has 100 valence electrons. The van der Waals surface area contributed by atoms with E-state index in [0.29, 0.717) is 6.54 Å². The molecule has 0 aliphatic carbocycles. The zero-order valence-electron chi connectivity index (χ0n) is 10.9. The second kappa shape index (κ2) is 5.70. The molecule has 1 fully saturated rings. The molecule has 1 aromatic carbocycles. The molecule has 1 atom stereocenters. The molecular formula is C14H20BrNO2. The van der Waals surface area contributed by atoms with Crippen molar-refractivity contribution in [3.8, 4) is 0 Å². The van der Waals surface area contributed by atoms with E-state index in [1.165, 1.54) is 0 Å². The van der Waals surface area contributed by atoms with Gasteiger partial charge in [0.05, 0.1) is 19.3 Å². The maximum Gasteiger partial charge on any atom is 0.0917 e. The van der Waals surface area contributed by atoms with Gasteiger partial charge in [-0.2, -0.15) is 0 Å². The van der Waals surface area contributed by atoms with Crippen molar-refractivity contribution < 1.29 is 9.84 Å². The number of hydrogen-bond donors (Lipinski definition) is 1. The summed E-state index contributed by atoms with van der Waals surface area (Å²) in [6.45, 7) is 7.30. The van der Waals surface area contributed by atoms with Gasteiger partial charge < -0.3 is 9.84 Å². The number of nitrogens with zero attached hydrogens (tertiary/aromatic N) is 1. The lowest BCUT2D eigenvalue weighted by Gasteiger charge is -2.43. The molecule has 0 aromatic heterocycles. The van der Waals surface area contributed by atoms with Crippen LogP contribution in [0, 0.1) is 0 Å². The molecule has 1 aliphatic rings. The van der Waals surface area contributed by atoms with Crippen molar-refractivity contribution in [2.45, 2.75) is 25.5 Å². The Morgan fingerprint density at radius 1 is 1.39 bits per heavy atom. The van der Waals surface area contributed by atoms with Gasteiger partial charge in [-0.05, 0) is 31.5 Å². The van der Waals surface area contributed by atoms with Crippen molar-refractivity contribution in [2.75, 3.05) is 26.3 Å². The fraction of sp³-hybridized carbons (Fsp3) is 0.571. The minimum Gasteiger partial charge on any atom is -0.387 e. The molecule has 0 unspecified atom stereocenters. The van der Waals surface area contributed by atoms with Crippen molar-refractivity contribution in [3.05, 3.63) is 34.3 Å². The molecular weight excluding hydrogens is 294 g/mol. The van der Waals surface area contributed by atoms with Crippen molar-refractivity contribution in [1.29, 1.82) is 0 Å². The van der Waals surface area contributed by atoms with Crippen molar-refractivity contribution in [2.24, 2.45) is 0 Å². The lowest BCUT2D eigenvalue weighted by atomic mass is 10.0. The number of ether oxygens (including phenoxy) is 1. The van der Waals surface area contributed by atoms with Crippen LogP contribution in [0.15, 0.2) is 28.7 Å². The summed E-state index contributed by atoms with van der Waals surface area (Å²) < 4.78 is 6.52. The normalized spacial score (nSPS) is 21.8. The number of β-amino-alcohol motifs (C(OH)–C–C–N with tert-alkyl or cyclic N) is 1. The lowest BCUT2D eigenvalue weighted by Crippen LogP contribution is -2.54. The minimum atomic E-state index is -0.449. The Labute approximate surface area is 117 Å². The van der Waals surface area contributed by atoms with E-state index in [1.807, 2.05) is 24.3 Å². The van der Waals surface area contributed by atoms with E-state index in [4.69, 9.17) is 4.74 Å². The average molecular weight is 314 g/mol. The van der Waals surface area contributed by atoms with Crippen LogP contribution in [0.2, 0.25) is 0 Å². The topological polar surface area (TPSA) is 32.7 Å². The Hall–Kier alpha value is -0.420. The maximum atomic E-state index is 10.3. The van der Waals surface area contributed by atoms with Gasteiger partial charge in [0, 0.05) is 23.1 Å². The number of morpholine rings is 1. The van der Waals surface area contributed by atoms with Crippen LogP contribution in [0.5, 0.6) is 0 Å². The third-order valence-electron chi connectivity index (χ3n) is 3.46. The molecule has 2 rings (SSSR count). The Morgan fingerprint density at radius 2 is 2.06 bits per heavy atom. The Balaban J connectivity index is 2.02. The summed E-state index contributed by atoms with van der Waals surface area (Å²) in [5.74, 6) is 0. The molecule has 1 heterocycles. The quantitative estimate of drug-likeness (QED) is 0.931. The predicted molar refractivity (Wildman–Crippen MR) is 75.6 cm³/mol. The van der Waals surface area contributed by atoms with Crippen LogP contribution >= 0.6 is 15.9 Å². The summed E-state index contributed by atoms with van der Waals surface area (Å²) in [4.78, 5) is 2.29. The summed E-state index contributed by atoms with van der Waals surface area (Å²) in [6.07, 6.45) is -0.449.